The van der Waals surface area contributed by atoms with Crippen molar-refractivity contribution in [3.8, 4) is 17.2 Å². The summed E-state index contributed by atoms with van der Waals surface area (Å²) < 4.78 is 86.8. The van der Waals surface area contributed by atoms with E-state index in [2.05, 4.69) is 15.2 Å². The first-order chi connectivity index (χ1) is 15.0. The van der Waals surface area contributed by atoms with E-state index in [-0.39, 0.29) is 11.4 Å². The third kappa shape index (κ3) is 5.56. The van der Waals surface area contributed by atoms with E-state index in [1.807, 2.05) is 0 Å². The molecule has 1 heterocycles. The molecule has 1 aromatic heterocycles. The largest absolute Gasteiger partial charge is 0.573 e. The zero-order valence-corrected chi connectivity index (χ0v) is 15.6. The molecule has 32 heavy (non-hydrogen) atoms. The van der Waals surface area contributed by atoms with Gasteiger partial charge in [0.25, 0.3) is 18.5 Å². The number of hydrogen-bond acceptors (Lipinski definition) is 5. The SMILES string of the molecule is O=C(Nc1cc[n+](O)nc1)c1c(Oc2ccc(OC(F)(F)F)cc2)ccc(C(F)F)c1F. The van der Waals surface area contributed by atoms with Crippen molar-refractivity contribution in [2.45, 2.75) is 12.8 Å². The molecule has 0 spiro atoms. The Kier molecular flexibility index (Phi) is 6.37. The van der Waals surface area contributed by atoms with E-state index in [1.54, 1.807) is 0 Å². The second kappa shape index (κ2) is 8.99. The van der Waals surface area contributed by atoms with Gasteiger partial charge in [-0.3, -0.25) is 10.0 Å². The number of rotatable bonds is 6. The van der Waals surface area contributed by atoms with E-state index in [9.17, 15) is 31.1 Å². The minimum atomic E-state index is -4.91. The van der Waals surface area contributed by atoms with Crippen molar-refractivity contribution in [2.75, 3.05) is 5.32 Å². The maximum absolute atomic E-state index is 14.7. The van der Waals surface area contributed by atoms with Gasteiger partial charge in [-0.1, -0.05) is 0 Å². The van der Waals surface area contributed by atoms with Crippen LogP contribution in [-0.2, 0) is 0 Å². The van der Waals surface area contributed by atoms with Crippen molar-refractivity contribution >= 4 is 11.6 Å². The number of benzene rings is 2. The number of ether oxygens (including phenoxy) is 2. The first kappa shape index (κ1) is 22.7. The van der Waals surface area contributed by atoms with E-state index in [0.29, 0.717) is 10.9 Å². The Morgan fingerprint density at radius 1 is 1.06 bits per heavy atom. The smallest absolute Gasteiger partial charge is 0.456 e. The maximum Gasteiger partial charge on any atom is 0.573 e. The Morgan fingerprint density at radius 2 is 1.72 bits per heavy atom. The maximum atomic E-state index is 14.7. The number of nitrogens with one attached hydrogen (secondary N) is 1. The monoisotopic (exact) mass is 460 g/mol. The molecule has 2 N–H and O–H groups in total. The van der Waals surface area contributed by atoms with Gasteiger partial charge in [0.2, 0.25) is 0 Å². The van der Waals surface area contributed by atoms with E-state index in [1.165, 1.54) is 6.07 Å². The molecule has 0 unspecified atom stereocenters. The molecule has 0 saturated heterocycles. The summed E-state index contributed by atoms with van der Waals surface area (Å²) >= 11 is 0. The molecule has 168 valence electrons. The van der Waals surface area contributed by atoms with Gasteiger partial charge in [0.1, 0.15) is 39.7 Å². The predicted molar refractivity (Wildman–Crippen MR) is 94.1 cm³/mol. The molecule has 0 atom stereocenters. The molecular formula is C19H12F6N3O4+. The number of alkyl halides is 5. The highest BCUT2D eigenvalue weighted by molar-refractivity contribution is 6.06. The molecule has 1 amide bonds. The number of anilines is 1. The van der Waals surface area contributed by atoms with Gasteiger partial charge in [-0.05, 0) is 36.4 Å². The molecular weight excluding hydrogens is 448 g/mol. The summed E-state index contributed by atoms with van der Waals surface area (Å²) in [7, 11) is 0. The Hall–Kier alpha value is -4.03. The summed E-state index contributed by atoms with van der Waals surface area (Å²) in [5, 5.41) is 14.8. The van der Waals surface area contributed by atoms with Crippen LogP contribution in [0.3, 0.4) is 0 Å². The number of carbonyl (C=O) groups excluding carboxylic acids is 1. The average Bonchev–Trinajstić information content (AvgIpc) is 2.70. The predicted octanol–water partition coefficient (Wildman–Crippen LogP) is 4.63. The highest BCUT2D eigenvalue weighted by Crippen LogP contribution is 2.34. The van der Waals surface area contributed by atoms with Crippen LogP contribution >= 0.6 is 0 Å². The number of carbonyl (C=O) groups is 1. The molecule has 7 nitrogen and oxygen atoms in total. The third-order valence-corrected chi connectivity index (χ3v) is 3.84. The summed E-state index contributed by atoms with van der Waals surface area (Å²) in [4.78, 5) is 13.0. The first-order valence-electron chi connectivity index (χ1n) is 8.56. The van der Waals surface area contributed by atoms with E-state index in [4.69, 9.17) is 9.94 Å². The average molecular weight is 460 g/mol. The van der Waals surface area contributed by atoms with Crippen molar-refractivity contribution in [3.63, 3.8) is 0 Å². The van der Waals surface area contributed by atoms with Gasteiger partial charge in [-0.2, -0.15) is 0 Å². The van der Waals surface area contributed by atoms with Crippen LogP contribution in [0.25, 0.3) is 0 Å². The Bertz CT molecular complexity index is 1110. The third-order valence-electron chi connectivity index (χ3n) is 3.84. The van der Waals surface area contributed by atoms with E-state index in [0.717, 1.165) is 42.7 Å². The molecule has 0 aliphatic carbocycles. The Labute approximate surface area is 175 Å². The molecule has 0 aliphatic rings. The van der Waals surface area contributed by atoms with Crippen LogP contribution in [0.5, 0.6) is 17.2 Å². The lowest BCUT2D eigenvalue weighted by Crippen LogP contribution is -2.33. The number of aromatic nitrogens is 2. The molecule has 2 aromatic carbocycles. The normalized spacial score (nSPS) is 11.3. The zero-order valence-electron chi connectivity index (χ0n) is 15.6. The standard InChI is InChI=1S/C19H11F6N3O4/c20-16-13(17(21)22)5-6-14(15(16)18(29)27-10-7-8-28(30)26-9-10)31-11-1-3-12(4-2-11)32-19(23,24)25/h1-9,17,30H/p+1. The highest BCUT2D eigenvalue weighted by atomic mass is 19.4. The summed E-state index contributed by atoms with van der Waals surface area (Å²) in [5.41, 5.74) is -1.93. The van der Waals surface area contributed by atoms with Crippen LogP contribution in [0.2, 0.25) is 0 Å². The van der Waals surface area contributed by atoms with Gasteiger partial charge in [0.15, 0.2) is 0 Å². The van der Waals surface area contributed by atoms with Gasteiger partial charge in [-0.15, -0.1) is 13.2 Å². The van der Waals surface area contributed by atoms with E-state index < -0.39 is 47.1 Å². The van der Waals surface area contributed by atoms with Crippen molar-refractivity contribution in [3.05, 3.63) is 71.8 Å². The minimum absolute atomic E-state index is 0.00162. The van der Waals surface area contributed by atoms with Gasteiger partial charge in [0.05, 0.1) is 11.3 Å². The molecule has 13 heteroatoms. The van der Waals surface area contributed by atoms with Crippen LogP contribution in [0.4, 0.5) is 32.0 Å². The molecule has 3 aromatic rings. The Morgan fingerprint density at radius 3 is 2.28 bits per heavy atom. The quantitative estimate of drug-likeness (QED) is 0.319. The van der Waals surface area contributed by atoms with Crippen molar-refractivity contribution in [1.29, 1.82) is 0 Å². The highest BCUT2D eigenvalue weighted by Gasteiger charge is 2.31. The number of halogens is 6. The van der Waals surface area contributed by atoms with Crippen LogP contribution in [0.1, 0.15) is 22.3 Å². The summed E-state index contributed by atoms with van der Waals surface area (Å²) in [6.45, 7) is 0. The van der Waals surface area contributed by atoms with Crippen LogP contribution < -0.4 is 19.6 Å². The first-order valence-corrected chi connectivity index (χ1v) is 8.56. The van der Waals surface area contributed by atoms with Crippen LogP contribution in [-0.4, -0.2) is 22.6 Å². The second-order valence-electron chi connectivity index (χ2n) is 6.05. The van der Waals surface area contributed by atoms with Gasteiger partial charge < -0.3 is 14.8 Å². The molecule has 0 aliphatic heterocycles. The lowest BCUT2D eigenvalue weighted by Gasteiger charge is -2.15. The fourth-order valence-corrected chi connectivity index (χ4v) is 2.49. The van der Waals surface area contributed by atoms with Gasteiger partial charge >= 0.3 is 6.36 Å². The van der Waals surface area contributed by atoms with E-state index >= 15 is 0 Å². The molecule has 0 fully saturated rings. The second-order valence-corrected chi connectivity index (χ2v) is 6.05. The van der Waals surface area contributed by atoms with Crippen molar-refractivity contribution in [1.82, 2.24) is 5.10 Å². The molecule has 0 radical (unpaired) electrons. The van der Waals surface area contributed by atoms with Crippen LogP contribution in [0, 0.1) is 5.82 Å². The molecule has 0 saturated carbocycles. The zero-order chi connectivity index (χ0) is 23.5. The molecule has 3 rings (SSSR count). The topological polar surface area (TPSA) is 84.6 Å². The van der Waals surface area contributed by atoms with Gasteiger partial charge in [-0.25, -0.2) is 13.2 Å². The fraction of sp³-hybridized carbons (Fsp3) is 0.105. The lowest BCUT2D eigenvalue weighted by atomic mass is 10.1. The number of amides is 1. The van der Waals surface area contributed by atoms with Crippen molar-refractivity contribution in [2.24, 2.45) is 0 Å². The summed E-state index contributed by atoms with van der Waals surface area (Å²) in [6, 6.07) is 6.74. The number of nitrogens with zero attached hydrogens (tertiary/aromatic N) is 2. The van der Waals surface area contributed by atoms with Crippen molar-refractivity contribution < 1.29 is 50.7 Å². The lowest BCUT2D eigenvalue weighted by molar-refractivity contribution is -0.948. The summed E-state index contributed by atoms with van der Waals surface area (Å²) in [6.07, 6.45) is -6.10. The number of hydrogen-bond donors (Lipinski definition) is 2. The fourth-order valence-electron chi connectivity index (χ4n) is 2.49. The Balaban J connectivity index is 1.92. The van der Waals surface area contributed by atoms with Crippen LogP contribution in [0.15, 0.2) is 54.9 Å². The summed E-state index contributed by atoms with van der Waals surface area (Å²) in [5.74, 6) is -3.88. The van der Waals surface area contributed by atoms with Gasteiger partial charge in [0, 0.05) is 11.2 Å². The molecule has 0 bridgehead atoms. The minimum Gasteiger partial charge on any atom is -0.456 e.